The second-order valence-corrected chi connectivity index (χ2v) is 5.91. The van der Waals surface area contributed by atoms with Crippen LogP contribution in [0, 0.1) is 0 Å². The number of hydrogen-bond donors (Lipinski definition) is 2. The molecule has 3 rings (SSSR count). The molecular weight excluding hydrogens is 320 g/mol. The molecule has 0 saturated carbocycles. The van der Waals surface area contributed by atoms with Gasteiger partial charge in [-0.3, -0.25) is 9.59 Å². The SMILES string of the molecule is CC(CC(=O)NCc1ccc2c(c1)OCO2)NC(=O)c1ccccc1. The van der Waals surface area contributed by atoms with Crippen LogP contribution in [0.2, 0.25) is 0 Å². The number of amides is 2. The fourth-order valence-corrected chi connectivity index (χ4v) is 2.55. The van der Waals surface area contributed by atoms with Gasteiger partial charge >= 0.3 is 0 Å². The highest BCUT2D eigenvalue weighted by molar-refractivity contribution is 5.94. The summed E-state index contributed by atoms with van der Waals surface area (Å²) in [5, 5.41) is 5.67. The van der Waals surface area contributed by atoms with Gasteiger partial charge in [-0.2, -0.15) is 0 Å². The van der Waals surface area contributed by atoms with E-state index in [0.29, 0.717) is 23.6 Å². The third kappa shape index (κ3) is 4.50. The molecule has 0 saturated heterocycles. The summed E-state index contributed by atoms with van der Waals surface area (Å²) in [4.78, 5) is 24.1. The molecule has 1 aliphatic rings. The Hall–Kier alpha value is -3.02. The highest BCUT2D eigenvalue weighted by Crippen LogP contribution is 2.32. The minimum absolute atomic E-state index is 0.126. The van der Waals surface area contributed by atoms with Crippen molar-refractivity contribution in [1.29, 1.82) is 0 Å². The van der Waals surface area contributed by atoms with E-state index in [-0.39, 0.29) is 31.1 Å². The molecule has 25 heavy (non-hydrogen) atoms. The van der Waals surface area contributed by atoms with Crippen molar-refractivity contribution in [2.45, 2.75) is 25.9 Å². The van der Waals surface area contributed by atoms with Gasteiger partial charge in [-0.15, -0.1) is 0 Å². The van der Waals surface area contributed by atoms with Crippen LogP contribution in [0.1, 0.15) is 29.3 Å². The first kappa shape index (κ1) is 16.8. The molecule has 0 bridgehead atoms. The van der Waals surface area contributed by atoms with Crippen LogP contribution < -0.4 is 20.1 Å². The number of benzene rings is 2. The lowest BCUT2D eigenvalue weighted by molar-refractivity contribution is -0.121. The van der Waals surface area contributed by atoms with Crippen molar-refractivity contribution >= 4 is 11.8 Å². The van der Waals surface area contributed by atoms with E-state index in [1.54, 1.807) is 31.2 Å². The topological polar surface area (TPSA) is 76.7 Å². The molecule has 0 aromatic heterocycles. The second-order valence-electron chi connectivity index (χ2n) is 5.91. The zero-order valence-electron chi connectivity index (χ0n) is 14.0. The summed E-state index contributed by atoms with van der Waals surface area (Å²) < 4.78 is 10.6. The lowest BCUT2D eigenvalue weighted by atomic mass is 10.1. The van der Waals surface area contributed by atoms with Crippen molar-refractivity contribution in [2.75, 3.05) is 6.79 Å². The van der Waals surface area contributed by atoms with Crippen molar-refractivity contribution in [3.05, 3.63) is 59.7 Å². The van der Waals surface area contributed by atoms with E-state index in [1.165, 1.54) is 0 Å². The first-order chi connectivity index (χ1) is 12.1. The van der Waals surface area contributed by atoms with Crippen molar-refractivity contribution < 1.29 is 19.1 Å². The van der Waals surface area contributed by atoms with Crippen LogP contribution in [0.3, 0.4) is 0 Å². The first-order valence-electron chi connectivity index (χ1n) is 8.13. The molecule has 0 radical (unpaired) electrons. The smallest absolute Gasteiger partial charge is 0.251 e. The standard InChI is InChI=1S/C19H20N2O4/c1-13(21-19(23)15-5-3-2-4-6-15)9-18(22)20-11-14-7-8-16-17(10-14)25-12-24-16/h2-8,10,13H,9,11-12H2,1H3,(H,20,22)(H,21,23). The van der Waals surface area contributed by atoms with E-state index in [1.807, 2.05) is 24.3 Å². The summed E-state index contributed by atoms with van der Waals surface area (Å²) in [6.07, 6.45) is 0.211. The quantitative estimate of drug-likeness (QED) is 0.845. The molecule has 0 aliphatic carbocycles. The van der Waals surface area contributed by atoms with Gasteiger partial charge in [0.25, 0.3) is 5.91 Å². The zero-order valence-corrected chi connectivity index (χ0v) is 14.0. The molecular formula is C19H20N2O4. The number of carbonyl (C=O) groups excluding carboxylic acids is 2. The van der Waals surface area contributed by atoms with E-state index in [4.69, 9.17) is 9.47 Å². The fraction of sp³-hybridized carbons (Fsp3) is 0.263. The number of carbonyl (C=O) groups is 2. The van der Waals surface area contributed by atoms with Crippen LogP contribution in [0.4, 0.5) is 0 Å². The summed E-state index contributed by atoms with van der Waals surface area (Å²) >= 11 is 0. The van der Waals surface area contributed by atoms with Crippen molar-refractivity contribution in [3.63, 3.8) is 0 Å². The van der Waals surface area contributed by atoms with Crippen LogP contribution in [0.15, 0.2) is 48.5 Å². The number of rotatable bonds is 6. The number of ether oxygens (including phenoxy) is 2. The third-order valence-corrected chi connectivity index (χ3v) is 3.83. The Morgan fingerprint density at radius 1 is 1.08 bits per heavy atom. The number of nitrogens with one attached hydrogen (secondary N) is 2. The van der Waals surface area contributed by atoms with Crippen LogP contribution in [0.25, 0.3) is 0 Å². The summed E-state index contributed by atoms with van der Waals surface area (Å²) in [6.45, 7) is 2.43. The molecule has 1 unspecified atom stereocenters. The van der Waals surface area contributed by atoms with E-state index in [2.05, 4.69) is 10.6 Å². The van der Waals surface area contributed by atoms with Crippen molar-refractivity contribution in [3.8, 4) is 11.5 Å². The van der Waals surface area contributed by atoms with E-state index in [0.717, 1.165) is 5.56 Å². The van der Waals surface area contributed by atoms with Gasteiger partial charge in [0.15, 0.2) is 11.5 Å². The molecule has 6 nitrogen and oxygen atoms in total. The Kier molecular flexibility index (Phi) is 5.18. The molecule has 0 spiro atoms. The fourth-order valence-electron chi connectivity index (χ4n) is 2.55. The summed E-state index contributed by atoms with van der Waals surface area (Å²) in [5.41, 5.74) is 1.51. The van der Waals surface area contributed by atoms with E-state index < -0.39 is 0 Å². The highest BCUT2D eigenvalue weighted by atomic mass is 16.7. The third-order valence-electron chi connectivity index (χ3n) is 3.83. The summed E-state index contributed by atoms with van der Waals surface area (Å²) in [6, 6.07) is 14.2. The lowest BCUT2D eigenvalue weighted by Crippen LogP contribution is -2.37. The first-order valence-corrected chi connectivity index (χ1v) is 8.13. The summed E-state index contributed by atoms with van der Waals surface area (Å²) in [5.74, 6) is 1.10. The maximum atomic E-state index is 12.1. The largest absolute Gasteiger partial charge is 0.454 e. The highest BCUT2D eigenvalue weighted by Gasteiger charge is 2.15. The van der Waals surface area contributed by atoms with Gasteiger partial charge in [-0.25, -0.2) is 0 Å². The zero-order chi connectivity index (χ0) is 17.6. The van der Waals surface area contributed by atoms with Gasteiger partial charge in [0, 0.05) is 24.6 Å². The maximum Gasteiger partial charge on any atom is 0.251 e. The Labute approximate surface area is 146 Å². The van der Waals surface area contributed by atoms with Gasteiger partial charge < -0.3 is 20.1 Å². The molecule has 2 aromatic rings. The van der Waals surface area contributed by atoms with Crippen molar-refractivity contribution in [1.82, 2.24) is 10.6 Å². The second kappa shape index (κ2) is 7.70. The van der Waals surface area contributed by atoms with Crippen LogP contribution in [0.5, 0.6) is 11.5 Å². The molecule has 1 atom stereocenters. The van der Waals surface area contributed by atoms with Crippen LogP contribution in [-0.2, 0) is 11.3 Å². The minimum atomic E-state index is -0.260. The van der Waals surface area contributed by atoms with Gasteiger partial charge in [0.2, 0.25) is 12.7 Å². The Balaban J connectivity index is 1.45. The van der Waals surface area contributed by atoms with Gasteiger partial charge in [-0.05, 0) is 36.8 Å². The van der Waals surface area contributed by atoms with E-state index in [9.17, 15) is 9.59 Å². The van der Waals surface area contributed by atoms with Gasteiger partial charge in [-0.1, -0.05) is 24.3 Å². The summed E-state index contributed by atoms with van der Waals surface area (Å²) in [7, 11) is 0. The number of hydrogen-bond acceptors (Lipinski definition) is 4. The molecule has 6 heteroatoms. The normalized spacial score (nSPS) is 13.2. The molecule has 2 aromatic carbocycles. The minimum Gasteiger partial charge on any atom is -0.454 e. The average Bonchev–Trinajstić information content (AvgIpc) is 3.08. The molecule has 130 valence electrons. The number of fused-ring (bicyclic) bond motifs is 1. The molecule has 1 heterocycles. The van der Waals surface area contributed by atoms with Gasteiger partial charge in [0.1, 0.15) is 0 Å². The monoisotopic (exact) mass is 340 g/mol. The molecule has 2 N–H and O–H groups in total. The van der Waals surface area contributed by atoms with Crippen LogP contribution in [-0.4, -0.2) is 24.6 Å². The maximum absolute atomic E-state index is 12.1. The Morgan fingerprint density at radius 2 is 1.84 bits per heavy atom. The predicted octanol–water partition coefficient (Wildman–Crippen LogP) is 2.24. The molecule has 0 fully saturated rings. The van der Waals surface area contributed by atoms with E-state index >= 15 is 0 Å². The average molecular weight is 340 g/mol. The Bertz CT molecular complexity index is 761. The predicted molar refractivity (Wildman–Crippen MR) is 92.4 cm³/mol. The Morgan fingerprint density at radius 3 is 2.64 bits per heavy atom. The molecule has 2 amide bonds. The van der Waals surface area contributed by atoms with Crippen LogP contribution >= 0.6 is 0 Å². The van der Waals surface area contributed by atoms with Gasteiger partial charge in [0.05, 0.1) is 0 Å². The lowest BCUT2D eigenvalue weighted by Gasteiger charge is -2.14. The molecule has 1 aliphatic heterocycles. The van der Waals surface area contributed by atoms with Crippen molar-refractivity contribution in [2.24, 2.45) is 0 Å².